The van der Waals surface area contributed by atoms with Gasteiger partial charge in [-0.05, 0) is 125 Å². The Balaban J connectivity index is 0.948. The molecule has 6 nitrogen and oxygen atoms in total. The lowest BCUT2D eigenvalue weighted by atomic mass is 9.94. The van der Waals surface area contributed by atoms with Crippen LogP contribution in [0, 0.1) is 22.9 Å². The number of thiophene rings is 3. The molecule has 0 N–H and O–H groups in total. The maximum absolute atomic E-state index is 12.4. The summed E-state index contributed by atoms with van der Waals surface area (Å²) in [6, 6.07) is 51.1. The third-order valence-corrected chi connectivity index (χ3v) is 33.5. The summed E-state index contributed by atoms with van der Waals surface area (Å²) in [7, 11) is -2.21. The lowest BCUT2D eigenvalue weighted by molar-refractivity contribution is 0.00121. The van der Waals surface area contributed by atoms with E-state index in [4.69, 9.17) is 18.9 Å². The first kappa shape index (κ1) is 65.1. The summed E-state index contributed by atoms with van der Waals surface area (Å²) >= 11 is 5.09. The lowest BCUT2D eigenvalue weighted by Crippen LogP contribution is -2.43. The van der Waals surface area contributed by atoms with Gasteiger partial charge in [0.05, 0.1) is 60.9 Å². The largest absolute Gasteiger partial charge is 0.382 e. The van der Waals surface area contributed by atoms with Crippen molar-refractivity contribution in [1.82, 2.24) is 4.98 Å². The zero-order valence-corrected chi connectivity index (χ0v) is 57.6. The Morgan fingerprint density at radius 2 is 0.862 bits per heavy atom. The quantitative estimate of drug-likeness (QED) is 0.0246. The van der Waals surface area contributed by atoms with Crippen molar-refractivity contribution in [3.05, 3.63) is 171 Å². The van der Waals surface area contributed by atoms with Crippen LogP contribution in [-0.4, -0.2) is 74.2 Å². The molecule has 9 rings (SSSR count). The summed E-state index contributed by atoms with van der Waals surface area (Å²) in [5, 5.41) is 1.22. The second-order valence-electron chi connectivity index (χ2n) is 24.6. The van der Waals surface area contributed by atoms with E-state index < -0.39 is 16.1 Å². The van der Waals surface area contributed by atoms with Gasteiger partial charge in [0.2, 0.25) is 0 Å². The predicted octanol–water partition coefficient (Wildman–Crippen LogP) is 21.2. The second kappa shape index (κ2) is 29.8. The molecular formula is C76H85NO5S3Si2. The van der Waals surface area contributed by atoms with Crippen LogP contribution in [0.3, 0.4) is 0 Å². The van der Waals surface area contributed by atoms with Crippen molar-refractivity contribution in [2.24, 2.45) is 0 Å². The zero-order valence-electron chi connectivity index (χ0n) is 53.1. The van der Waals surface area contributed by atoms with Crippen LogP contribution in [0.5, 0.6) is 0 Å². The Morgan fingerprint density at radius 1 is 0.437 bits per heavy atom. The molecule has 5 aromatic carbocycles. The highest BCUT2D eigenvalue weighted by atomic mass is 32.1. The summed E-state index contributed by atoms with van der Waals surface area (Å²) in [6.07, 6.45) is 4.72. The van der Waals surface area contributed by atoms with Crippen LogP contribution in [0.15, 0.2) is 152 Å². The molecule has 0 amide bonds. The Kier molecular flexibility index (Phi) is 22.3. The number of rotatable bonds is 25. The Bertz CT molecular complexity index is 3810. The van der Waals surface area contributed by atoms with Gasteiger partial charge in [-0.15, -0.1) is 45.1 Å². The smallest absolute Gasteiger partial charge is 0.160 e. The van der Waals surface area contributed by atoms with Gasteiger partial charge in [0.1, 0.15) is 16.1 Å². The van der Waals surface area contributed by atoms with Crippen LogP contribution in [-0.2, 0) is 25.6 Å². The predicted molar refractivity (Wildman–Crippen MR) is 378 cm³/mol. The first-order valence-corrected chi connectivity index (χ1v) is 37.8. The van der Waals surface area contributed by atoms with Crippen molar-refractivity contribution in [1.29, 1.82) is 0 Å². The number of nitrogens with zero attached hydrogens (tertiary/aromatic N) is 1. The maximum atomic E-state index is 12.4. The van der Waals surface area contributed by atoms with E-state index in [0.717, 1.165) is 81.4 Å². The van der Waals surface area contributed by atoms with Gasteiger partial charge in [-0.2, -0.15) is 0 Å². The first-order chi connectivity index (χ1) is 42.0. The number of carbonyl (C=O) groups excluding carboxylic acids is 1. The fraction of sp³-hybridized carbons (Fsp3) is 0.342. The van der Waals surface area contributed by atoms with Crippen molar-refractivity contribution in [3.63, 3.8) is 0 Å². The number of fused-ring (bicyclic) bond motifs is 1. The molecule has 0 aliphatic heterocycles. The highest BCUT2D eigenvalue weighted by Crippen LogP contribution is 2.46. The summed E-state index contributed by atoms with van der Waals surface area (Å²) < 4.78 is 23.7. The van der Waals surface area contributed by atoms with Gasteiger partial charge < -0.3 is 18.9 Å². The summed E-state index contributed by atoms with van der Waals surface area (Å²) in [4.78, 5) is 21.9. The number of pyridine rings is 1. The van der Waals surface area contributed by atoms with Crippen molar-refractivity contribution in [3.8, 4) is 100 Å². The van der Waals surface area contributed by atoms with Crippen molar-refractivity contribution in [2.45, 2.75) is 123 Å². The molecule has 0 atom stereocenters. The molecule has 450 valence electrons. The van der Waals surface area contributed by atoms with Gasteiger partial charge in [0.25, 0.3) is 0 Å². The highest BCUT2D eigenvalue weighted by Gasteiger charge is 2.43. The number of methoxy groups -OCH3 is 1. The molecule has 87 heavy (non-hydrogen) atoms. The van der Waals surface area contributed by atoms with Crippen LogP contribution in [0.25, 0.3) is 87.3 Å². The number of aldehydes is 1. The molecule has 9 aromatic rings. The number of ether oxygens (including phenoxy) is 4. The van der Waals surface area contributed by atoms with Gasteiger partial charge in [0.15, 0.2) is 6.29 Å². The van der Waals surface area contributed by atoms with Gasteiger partial charge in [-0.25, -0.2) is 0 Å². The molecule has 0 saturated carbocycles. The third kappa shape index (κ3) is 14.7. The topological polar surface area (TPSA) is 66.9 Å². The van der Waals surface area contributed by atoms with Crippen molar-refractivity contribution >= 4 is 66.5 Å². The molecule has 11 heteroatoms. The van der Waals surface area contributed by atoms with E-state index >= 15 is 0 Å². The Labute approximate surface area is 532 Å². The Morgan fingerprint density at radius 3 is 1.34 bits per heavy atom. The van der Waals surface area contributed by atoms with Crippen LogP contribution >= 0.6 is 34.0 Å². The minimum absolute atomic E-state index is 0.506. The van der Waals surface area contributed by atoms with Gasteiger partial charge >= 0.3 is 0 Å². The molecule has 0 aliphatic rings. The van der Waals surface area contributed by atoms with E-state index in [2.05, 4.69) is 251 Å². The Hall–Kier alpha value is -6.33. The van der Waals surface area contributed by atoms with E-state index in [9.17, 15) is 4.79 Å². The van der Waals surface area contributed by atoms with Crippen LogP contribution in [0.4, 0.5) is 0 Å². The standard InChI is InChI=1S/C76H85NO5S3Si2/c1-51(2)86(52(3)4,53(5)6)44-34-66-46-71(75(49-78)83-66)64-28-20-60(21-29-64)57-14-22-61(23-15-57)68-30-31-69(76-72(68)48-74(85-76)65-32-36-77-37-33-65)62-24-16-58(17-25-62)59-18-26-63(27-19-59)70-47-67(50-82-43-42-81-41-40-80-39-38-79-13)84-73(70)35-45-87(54(7)8,55(9)10)56(11)12/h14-33,36-37,46-49,51-56H,38-43,50H2,1-13H3. The minimum Gasteiger partial charge on any atom is -0.382 e. The van der Waals surface area contributed by atoms with Crippen LogP contribution in [0.1, 0.15) is 107 Å². The number of aromatic nitrogens is 1. The molecule has 0 bridgehead atoms. The molecule has 0 fully saturated rings. The highest BCUT2D eigenvalue weighted by molar-refractivity contribution is 7.23. The normalized spacial score (nSPS) is 12.0. The van der Waals surface area contributed by atoms with Crippen molar-refractivity contribution < 1.29 is 23.7 Å². The molecule has 0 unspecified atom stereocenters. The lowest BCUT2D eigenvalue weighted by Gasteiger charge is -2.38. The fourth-order valence-corrected chi connectivity index (χ4v) is 26.8. The first-order valence-electron chi connectivity index (χ1n) is 30.9. The van der Waals surface area contributed by atoms with E-state index in [1.54, 1.807) is 18.4 Å². The maximum Gasteiger partial charge on any atom is 0.160 e. The average molecular weight is 1240 g/mol. The molecule has 0 radical (unpaired) electrons. The molecule has 4 aromatic heterocycles. The van der Waals surface area contributed by atoms with Crippen LogP contribution in [0.2, 0.25) is 33.2 Å². The molecule has 4 heterocycles. The monoisotopic (exact) mass is 1240 g/mol. The average Bonchev–Trinajstić information content (AvgIpc) is 3.38. The third-order valence-electron chi connectivity index (χ3n) is 17.7. The minimum atomic E-state index is -1.97. The summed E-state index contributed by atoms with van der Waals surface area (Å²) in [5.41, 5.74) is 25.9. The van der Waals surface area contributed by atoms with Gasteiger partial charge in [0, 0.05) is 50.5 Å². The summed E-state index contributed by atoms with van der Waals surface area (Å²) in [5.74, 6) is 7.38. The molecular weight excluding hydrogens is 1160 g/mol. The van der Waals surface area contributed by atoms with Gasteiger partial charge in [-0.3, -0.25) is 9.78 Å². The second-order valence-corrected chi connectivity index (χ2v) is 39.0. The van der Waals surface area contributed by atoms with E-state index in [1.165, 1.54) is 43.0 Å². The SMILES string of the molecule is COCCOCCOCCOCc1cc(-c2ccc(-c3ccc(-c4ccc(-c5ccc(-c6ccc(-c7cc(C#C[Si](C(C)C)(C(C)C)C(C)C)sc7C=O)cc6)cc5)c5cc(-c6ccncc6)sc45)cc3)cc2)c(C#C[Si](C(C)C)(C(C)C)C(C)C)s1. The number of hydrogen-bond donors (Lipinski definition) is 0. The number of carbonyl (C=O) groups is 1. The van der Waals surface area contributed by atoms with Gasteiger partial charge in [-0.1, -0.05) is 204 Å². The van der Waals surface area contributed by atoms with E-state index in [-0.39, 0.29) is 0 Å². The number of hydrogen-bond acceptors (Lipinski definition) is 9. The fourth-order valence-electron chi connectivity index (χ4n) is 13.2. The molecule has 0 saturated heterocycles. The van der Waals surface area contributed by atoms with E-state index in [1.807, 2.05) is 23.7 Å². The molecule has 0 spiro atoms. The van der Waals surface area contributed by atoms with Crippen molar-refractivity contribution in [2.75, 3.05) is 46.8 Å². The molecule has 0 aliphatic carbocycles. The summed E-state index contributed by atoms with van der Waals surface area (Å²) in [6.45, 7) is 32.0. The zero-order chi connectivity index (χ0) is 61.8. The van der Waals surface area contributed by atoms with Crippen LogP contribution < -0.4 is 0 Å². The van der Waals surface area contributed by atoms with E-state index in [0.29, 0.717) is 79.5 Å². The number of benzene rings is 5.